The van der Waals surface area contributed by atoms with Gasteiger partial charge in [0.1, 0.15) is 21.7 Å². The van der Waals surface area contributed by atoms with Crippen LogP contribution in [0.5, 0.6) is 0 Å². The second-order valence-corrected chi connectivity index (χ2v) is 7.25. The number of halogens is 1. The summed E-state index contributed by atoms with van der Waals surface area (Å²) in [5, 5.41) is 3.98. The number of fused-ring (bicyclic) bond motifs is 1. The summed E-state index contributed by atoms with van der Waals surface area (Å²) in [6.45, 7) is 1.53. The molecule has 0 N–H and O–H groups in total. The Balaban J connectivity index is 1.82. The van der Waals surface area contributed by atoms with Crippen molar-refractivity contribution in [3.05, 3.63) is 77.6 Å². The van der Waals surface area contributed by atoms with Gasteiger partial charge in [-0.25, -0.2) is 0 Å². The predicted octanol–water partition coefficient (Wildman–Crippen LogP) is 2.39. The molecule has 4 rings (SSSR count). The van der Waals surface area contributed by atoms with Crippen LogP contribution in [0.4, 0.5) is 0 Å². The molecule has 4 aromatic rings. The van der Waals surface area contributed by atoms with Gasteiger partial charge in [0.25, 0.3) is 11.1 Å². The van der Waals surface area contributed by atoms with Crippen molar-refractivity contribution in [3.63, 3.8) is 0 Å². The summed E-state index contributed by atoms with van der Waals surface area (Å²) in [6.07, 6.45) is 1.63. The number of hydrogen-bond acceptors (Lipinski definition) is 6. The van der Waals surface area contributed by atoms with Crippen LogP contribution in [0.1, 0.15) is 11.5 Å². The third-order valence-corrected chi connectivity index (χ3v) is 5.00. The molecule has 1 aromatic carbocycles. The van der Waals surface area contributed by atoms with Gasteiger partial charge in [0.2, 0.25) is 4.96 Å². The zero-order valence-corrected chi connectivity index (χ0v) is 15.3. The maximum Gasteiger partial charge on any atom is 0.295 e. The van der Waals surface area contributed by atoms with Crippen molar-refractivity contribution in [2.75, 3.05) is 0 Å². The fourth-order valence-corrected chi connectivity index (χ4v) is 3.63. The zero-order valence-electron chi connectivity index (χ0n) is 12.9. The van der Waals surface area contributed by atoms with Crippen molar-refractivity contribution in [2.24, 2.45) is 0 Å². The number of benzene rings is 1. The second-order valence-electron chi connectivity index (χ2n) is 5.32. The highest BCUT2D eigenvalue weighted by Crippen LogP contribution is 2.25. The first kappa shape index (κ1) is 15.9. The molecular formula is C17H10BrN3O3S. The minimum Gasteiger partial charge on any atom is -0.457 e. The first-order valence-electron chi connectivity index (χ1n) is 7.29. The summed E-state index contributed by atoms with van der Waals surface area (Å²) in [5.41, 5.74) is 0.365. The lowest BCUT2D eigenvalue weighted by Crippen LogP contribution is -2.27. The van der Waals surface area contributed by atoms with Crippen molar-refractivity contribution in [2.45, 2.75) is 6.92 Å². The van der Waals surface area contributed by atoms with Gasteiger partial charge in [-0.1, -0.05) is 39.4 Å². The van der Waals surface area contributed by atoms with Gasteiger partial charge in [-0.15, -0.1) is 0 Å². The molecule has 25 heavy (non-hydrogen) atoms. The van der Waals surface area contributed by atoms with Crippen LogP contribution in [-0.4, -0.2) is 14.6 Å². The van der Waals surface area contributed by atoms with E-state index in [0.29, 0.717) is 16.1 Å². The molecule has 0 aliphatic carbocycles. The van der Waals surface area contributed by atoms with E-state index in [-0.39, 0.29) is 16.2 Å². The molecule has 0 unspecified atom stereocenters. The van der Waals surface area contributed by atoms with E-state index in [1.54, 1.807) is 12.1 Å². The van der Waals surface area contributed by atoms with Gasteiger partial charge in [-0.3, -0.25) is 9.59 Å². The van der Waals surface area contributed by atoms with Crippen LogP contribution < -0.4 is 15.7 Å². The number of aromatic nitrogens is 3. The van der Waals surface area contributed by atoms with Crippen molar-refractivity contribution >= 4 is 38.3 Å². The normalized spacial score (nSPS) is 12.2. The van der Waals surface area contributed by atoms with Gasteiger partial charge < -0.3 is 4.42 Å². The molecule has 6 nitrogen and oxygen atoms in total. The van der Waals surface area contributed by atoms with Gasteiger partial charge in [0.05, 0.1) is 0 Å². The summed E-state index contributed by atoms with van der Waals surface area (Å²) < 4.78 is 8.31. The molecule has 0 bridgehead atoms. The van der Waals surface area contributed by atoms with Crippen LogP contribution in [0.3, 0.4) is 0 Å². The Morgan fingerprint density at radius 1 is 1.24 bits per heavy atom. The fraction of sp³-hybridized carbons (Fsp3) is 0.0588. The Kier molecular flexibility index (Phi) is 3.85. The van der Waals surface area contributed by atoms with Crippen LogP contribution in [0.2, 0.25) is 0 Å². The van der Waals surface area contributed by atoms with Crippen LogP contribution >= 0.6 is 27.3 Å². The lowest BCUT2D eigenvalue weighted by Gasteiger charge is -1.96. The van der Waals surface area contributed by atoms with E-state index < -0.39 is 5.56 Å². The van der Waals surface area contributed by atoms with Gasteiger partial charge >= 0.3 is 0 Å². The maximum absolute atomic E-state index is 12.4. The van der Waals surface area contributed by atoms with Crippen molar-refractivity contribution in [3.8, 4) is 11.3 Å². The Morgan fingerprint density at radius 3 is 2.88 bits per heavy atom. The monoisotopic (exact) mass is 415 g/mol. The SMILES string of the molecule is Cc1nn2c(=O)/c(=C\c3ccc(-c4cccc(Br)c4)o3)sc2nc1=O. The molecule has 0 amide bonds. The largest absolute Gasteiger partial charge is 0.457 e. The van der Waals surface area contributed by atoms with E-state index in [4.69, 9.17) is 4.42 Å². The third-order valence-electron chi connectivity index (χ3n) is 3.55. The summed E-state index contributed by atoms with van der Waals surface area (Å²) in [5.74, 6) is 1.24. The highest BCUT2D eigenvalue weighted by molar-refractivity contribution is 9.10. The van der Waals surface area contributed by atoms with Gasteiger partial charge in [-0.05, 0) is 31.2 Å². The highest BCUT2D eigenvalue weighted by atomic mass is 79.9. The van der Waals surface area contributed by atoms with Gasteiger partial charge in [0, 0.05) is 16.1 Å². The van der Waals surface area contributed by atoms with E-state index in [0.717, 1.165) is 25.9 Å². The van der Waals surface area contributed by atoms with Crippen molar-refractivity contribution in [1.82, 2.24) is 14.6 Å². The van der Waals surface area contributed by atoms with Crippen LogP contribution in [0.15, 0.2) is 54.9 Å². The molecular weight excluding hydrogens is 406 g/mol. The lowest BCUT2D eigenvalue weighted by molar-refractivity contribution is 0.571. The predicted molar refractivity (Wildman–Crippen MR) is 98.8 cm³/mol. The summed E-state index contributed by atoms with van der Waals surface area (Å²) in [6, 6.07) is 11.4. The molecule has 0 spiro atoms. The minimum atomic E-state index is -0.428. The molecule has 8 heteroatoms. The molecule has 124 valence electrons. The minimum absolute atomic E-state index is 0.189. The molecule has 0 saturated carbocycles. The Bertz CT molecular complexity index is 1270. The number of thiazole rings is 1. The van der Waals surface area contributed by atoms with E-state index in [2.05, 4.69) is 26.0 Å². The molecule has 0 fully saturated rings. The Labute approximate surface area is 153 Å². The summed E-state index contributed by atoms with van der Waals surface area (Å²) in [4.78, 5) is 28.1. The number of rotatable bonds is 2. The standard InChI is InChI=1S/C17H10BrN3O3S/c1-9-15(22)19-17-21(20-9)16(23)14(25-17)8-12-5-6-13(24-12)10-3-2-4-11(18)7-10/h2-8H,1H3/b14-8+. The van der Waals surface area contributed by atoms with E-state index in [1.807, 2.05) is 30.3 Å². The third kappa shape index (κ3) is 2.94. The molecule has 3 aromatic heterocycles. The van der Waals surface area contributed by atoms with Crippen molar-refractivity contribution < 1.29 is 4.42 Å². The molecule has 0 aliphatic rings. The molecule has 0 saturated heterocycles. The molecule has 0 atom stereocenters. The Hall–Kier alpha value is -2.58. The maximum atomic E-state index is 12.4. The van der Waals surface area contributed by atoms with E-state index in [1.165, 1.54) is 6.92 Å². The van der Waals surface area contributed by atoms with Gasteiger partial charge in [0.15, 0.2) is 0 Å². The lowest BCUT2D eigenvalue weighted by atomic mass is 10.2. The molecule has 3 heterocycles. The topological polar surface area (TPSA) is 77.5 Å². The number of hydrogen-bond donors (Lipinski definition) is 0. The number of furan rings is 1. The van der Waals surface area contributed by atoms with E-state index >= 15 is 0 Å². The smallest absolute Gasteiger partial charge is 0.295 e. The van der Waals surface area contributed by atoms with Crippen LogP contribution in [0, 0.1) is 6.92 Å². The fourth-order valence-electron chi connectivity index (χ4n) is 2.34. The van der Waals surface area contributed by atoms with E-state index in [9.17, 15) is 9.59 Å². The first-order valence-corrected chi connectivity index (χ1v) is 8.90. The quantitative estimate of drug-likeness (QED) is 0.502. The average molecular weight is 416 g/mol. The summed E-state index contributed by atoms with van der Waals surface area (Å²) >= 11 is 4.53. The van der Waals surface area contributed by atoms with Crippen LogP contribution in [-0.2, 0) is 0 Å². The molecule has 0 aliphatic heterocycles. The van der Waals surface area contributed by atoms with Crippen molar-refractivity contribution in [1.29, 1.82) is 0 Å². The second kappa shape index (κ2) is 6.05. The van der Waals surface area contributed by atoms with Gasteiger partial charge in [-0.2, -0.15) is 14.6 Å². The Morgan fingerprint density at radius 2 is 2.08 bits per heavy atom. The highest BCUT2D eigenvalue weighted by Gasteiger charge is 2.09. The molecule has 0 radical (unpaired) electrons. The average Bonchev–Trinajstić information content (AvgIpc) is 3.15. The number of nitrogens with zero attached hydrogens (tertiary/aromatic N) is 3. The zero-order chi connectivity index (χ0) is 17.6. The first-order chi connectivity index (χ1) is 12.0. The van der Waals surface area contributed by atoms with Crippen LogP contribution in [0.25, 0.3) is 22.4 Å². The number of aryl methyl sites for hydroxylation is 1. The summed E-state index contributed by atoms with van der Waals surface area (Å²) in [7, 11) is 0.